The predicted octanol–water partition coefficient (Wildman–Crippen LogP) is 4.06. The summed E-state index contributed by atoms with van der Waals surface area (Å²) in [5, 5.41) is 1.04. The van der Waals surface area contributed by atoms with E-state index in [2.05, 4.69) is 29.5 Å². The molecule has 1 fully saturated rings. The minimum Gasteiger partial charge on any atom is -0.379 e. The molecule has 30 heavy (non-hydrogen) atoms. The summed E-state index contributed by atoms with van der Waals surface area (Å²) in [6.45, 7) is 9.49. The molecule has 1 aliphatic heterocycles. The molecule has 3 aromatic rings. The van der Waals surface area contributed by atoms with Crippen molar-refractivity contribution in [2.45, 2.75) is 59.3 Å². The van der Waals surface area contributed by atoms with Crippen molar-refractivity contribution in [2.24, 2.45) is 0 Å². The van der Waals surface area contributed by atoms with Crippen LogP contribution < -0.4 is 4.90 Å². The fourth-order valence-electron chi connectivity index (χ4n) is 4.03. The molecule has 7 nitrogen and oxygen atoms in total. The average Bonchev–Trinajstić information content (AvgIpc) is 3.32. The van der Waals surface area contributed by atoms with Crippen molar-refractivity contribution < 1.29 is 14.3 Å². The Bertz CT molecular complexity index is 1040. The number of anilines is 1. The van der Waals surface area contributed by atoms with Gasteiger partial charge in [-0.1, -0.05) is 0 Å². The van der Waals surface area contributed by atoms with Gasteiger partial charge >= 0.3 is 0 Å². The van der Waals surface area contributed by atoms with E-state index in [9.17, 15) is 4.79 Å². The molecule has 7 heteroatoms. The molecule has 0 spiro atoms. The highest BCUT2D eigenvalue weighted by Crippen LogP contribution is 2.30. The van der Waals surface area contributed by atoms with E-state index in [1.54, 1.807) is 0 Å². The average molecular weight is 411 g/mol. The largest absolute Gasteiger partial charge is 0.379 e. The number of amides is 1. The quantitative estimate of drug-likeness (QED) is 0.498. The number of carbonyl (C=O) groups is 1. The van der Waals surface area contributed by atoms with Crippen molar-refractivity contribution in [1.82, 2.24) is 14.5 Å². The van der Waals surface area contributed by atoms with Crippen LogP contribution in [0.1, 0.15) is 45.9 Å². The maximum atomic E-state index is 12.1. The highest BCUT2D eigenvalue weighted by Gasteiger charge is 2.22. The van der Waals surface area contributed by atoms with Crippen LogP contribution in [0.5, 0.6) is 0 Å². The monoisotopic (exact) mass is 410 g/mol. The number of rotatable bonds is 9. The van der Waals surface area contributed by atoms with E-state index in [4.69, 9.17) is 14.5 Å². The van der Waals surface area contributed by atoms with Gasteiger partial charge in [-0.25, -0.2) is 4.98 Å². The van der Waals surface area contributed by atoms with Gasteiger partial charge in [-0.05, 0) is 51.8 Å². The Morgan fingerprint density at radius 3 is 2.83 bits per heavy atom. The molecular weight excluding hydrogens is 380 g/mol. The Balaban J connectivity index is 1.72. The van der Waals surface area contributed by atoms with Crippen LogP contribution >= 0.6 is 0 Å². The molecule has 0 unspecified atom stereocenters. The van der Waals surface area contributed by atoms with E-state index < -0.39 is 0 Å². The molecule has 0 saturated carbocycles. The van der Waals surface area contributed by atoms with E-state index in [-0.39, 0.29) is 12.0 Å². The third kappa shape index (κ3) is 4.18. The van der Waals surface area contributed by atoms with E-state index >= 15 is 0 Å². The number of nitrogens with zero attached hydrogens (tertiary/aromatic N) is 4. The molecule has 1 amide bonds. The Morgan fingerprint density at radius 1 is 1.23 bits per heavy atom. The van der Waals surface area contributed by atoms with Crippen LogP contribution in [0.3, 0.4) is 0 Å². The summed E-state index contributed by atoms with van der Waals surface area (Å²) in [5.74, 6) is 1.09. The first-order chi connectivity index (χ1) is 14.6. The summed E-state index contributed by atoms with van der Waals surface area (Å²) in [6, 6.07) is 6.10. The SMILES string of the molecule is CCOCc1nc2cnc3cc(N4CCCC4=O)ccc3c2n1CCCOC(C)C. The van der Waals surface area contributed by atoms with Crippen LogP contribution in [0, 0.1) is 0 Å². The van der Waals surface area contributed by atoms with E-state index in [0.29, 0.717) is 26.2 Å². The van der Waals surface area contributed by atoms with E-state index in [1.807, 2.05) is 30.2 Å². The molecule has 0 N–H and O–H groups in total. The van der Waals surface area contributed by atoms with Crippen molar-refractivity contribution in [3.05, 3.63) is 30.2 Å². The fraction of sp³-hybridized carbons (Fsp3) is 0.522. The summed E-state index contributed by atoms with van der Waals surface area (Å²) in [4.78, 5) is 23.4. The number of fused-ring (bicyclic) bond motifs is 3. The molecule has 160 valence electrons. The number of aromatic nitrogens is 3. The minimum absolute atomic E-state index is 0.185. The number of hydrogen-bond donors (Lipinski definition) is 0. The topological polar surface area (TPSA) is 69.5 Å². The molecule has 3 heterocycles. The third-order valence-corrected chi connectivity index (χ3v) is 5.43. The summed E-state index contributed by atoms with van der Waals surface area (Å²) in [7, 11) is 0. The Morgan fingerprint density at radius 2 is 2.10 bits per heavy atom. The minimum atomic E-state index is 0.185. The van der Waals surface area contributed by atoms with Crippen LogP contribution in [0.2, 0.25) is 0 Å². The predicted molar refractivity (Wildman–Crippen MR) is 118 cm³/mol. The summed E-state index contributed by atoms with van der Waals surface area (Å²) < 4.78 is 13.6. The molecule has 0 radical (unpaired) electrons. The van der Waals surface area contributed by atoms with Gasteiger partial charge in [0.2, 0.25) is 5.91 Å². The number of pyridine rings is 1. The lowest BCUT2D eigenvalue weighted by Crippen LogP contribution is -2.23. The lowest BCUT2D eigenvalue weighted by molar-refractivity contribution is -0.117. The standard InChI is InChI=1S/C23H30N4O3/c1-4-29-15-21-25-20-14-24-19-13-17(26-10-5-7-22(26)28)8-9-18(19)23(20)27(21)11-6-12-30-16(2)3/h8-9,13-14,16H,4-7,10-12,15H2,1-3H3. The first-order valence-corrected chi connectivity index (χ1v) is 10.9. The molecule has 1 aromatic carbocycles. The first kappa shape index (κ1) is 20.8. The maximum absolute atomic E-state index is 12.1. The zero-order valence-corrected chi connectivity index (χ0v) is 18.1. The van der Waals surface area contributed by atoms with Crippen molar-refractivity contribution >= 4 is 33.5 Å². The first-order valence-electron chi connectivity index (χ1n) is 10.9. The Kier molecular flexibility index (Phi) is 6.29. The number of aryl methyl sites for hydroxylation is 1. The number of benzene rings is 1. The van der Waals surface area contributed by atoms with E-state index in [1.165, 1.54) is 0 Å². The lowest BCUT2D eigenvalue weighted by atomic mass is 10.1. The molecule has 4 rings (SSSR count). The van der Waals surface area contributed by atoms with Crippen molar-refractivity contribution in [3.8, 4) is 0 Å². The zero-order chi connectivity index (χ0) is 21.1. The second kappa shape index (κ2) is 9.10. The Hall–Kier alpha value is -2.51. The summed E-state index contributed by atoms with van der Waals surface area (Å²) >= 11 is 0. The molecular formula is C23H30N4O3. The zero-order valence-electron chi connectivity index (χ0n) is 18.1. The van der Waals surface area contributed by atoms with Gasteiger partial charge in [-0.15, -0.1) is 0 Å². The summed E-state index contributed by atoms with van der Waals surface area (Å²) in [6.07, 6.45) is 4.48. The van der Waals surface area contributed by atoms with Crippen LogP contribution in [-0.2, 0) is 27.4 Å². The second-order valence-electron chi connectivity index (χ2n) is 7.93. The van der Waals surface area contributed by atoms with Crippen molar-refractivity contribution in [2.75, 3.05) is 24.7 Å². The highest BCUT2D eigenvalue weighted by molar-refractivity contribution is 6.05. The van der Waals surface area contributed by atoms with Crippen LogP contribution in [0.4, 0.5) is 5.69 Å². The maximum Gasteiger partial charge on any atom is 0.227 e. The third-order valence-electron chi connectivity index (χ3n) is 5.43. The molecule has 2 aromatic heterocycles. The highest BCUT2D eigenvalue weighted by atomic mass is 16.5. The summed E-state index contributed by atoms with van der Waals surface area (Å²) in [5.41, 5.74) is 3.73. The fourth-order valence-corrected chi connectivity index (χ4v) is 4.03. The van der Waals surface area contributed by atoms with Gasteiger partial charge in [0.05, 0.1) is 23.3 Å². The van der Waals surface area contributed by atoms with Gasteiger partial charge in [-0.2, -0.15) is 0 Å². The number of hydrogen-bond acceptors (Lipinski definition) is 5. The second-order valence-corrected chi connectivity index (χ2v) is 7.93. The number of carbonyl (C=O) groups excluding carboxylic acids is 1. The van der Waals surface area contributed by atoms with Crippen molar-refractivity contribution in [3.63, 3.8) is 0 Å². The van der Waals surface area contributed by atoms with Gasteiger partial charge in [-0.3, -0.25) is 9.78 Å². The normalized spacial score (nSPS) is 14.7. The van der Waals surface area contributed by atoms with Gasteiger partial charge in [0, 0.05) is 43.8 Å². The van der Waals surface area contributed by atoms with Gasteiger partial charge in [0.15, 0.2) is 0 Å². The molecule has 1 aliphatic rings. The molecule has 0 atom stereocenters. The van der Waals surface area contributed by atoms with Crippen molar-refractivity contribution in [1.29, 1.82) is 0 Å². The Labute approximate surface area is 177 Å². The van der Waals surface area contributed by atoms with E-state index in [0.717, 1.165) is 59.4 Å². The molecule has 0 bridgehead atoms. The lowest BCUT2D eigenvalue weighted by Gasteiger charge is -2.16. The van der Waals surface area contributed by atoms with Crippen LogP contribution in [0.15, 0.2) is 24.4 Å². The van der Waals surface area contributed by atoms with Gasteiger partial charge in [0.1, 0.15) is 17.9 Å². The number of imidazole rings is 1. The number of ether oxygens (including phenoxy) is 2. The van der Waals surface area contributed by atoms with Crippen LogP contribution in [-0.4, -0.2) is 46.3 Å². The smallest absolute Gasteiger partial charge is 0.227 e. The molecule has 0 aliphatic carbocycles. The molecule has 1 saturated heterocycles. The van der Waals surface area contributed by atoms with Gasteiger partial charge in [0.25, 0.3) is 0 Å². The van der Waals surface area contributed by atoms with Gasteiger partial charge < -0.3 is 18.9 Å². The van der Waals surface area contributed by atoms with Crippen LogP contribution in [0.25, 0.3) is 21.9 Å².